The molecule has 0 amide bonds. The van der Waals surface area contributed by atoms with Crippen LogP contribution in [0.1, 0.15) is 30.8 Å². The van der Waals surface area contributed by atoms with Crippen molar-refractivity contribution in [1.29, 1.82) is 0 Å². The summed E-state index contributed by atoms with van der Waals surface area (Å²) in [5.74, 6) is 0.255. The van der Waals surface area contributed by atoms with E-state index in [0.717, 1.165) is 4.88 Å². The summed E-state index contributed by atoms with van der Waals surface area (Å²) in [5, 5.41) is 3.87. The van der Waals surface area contributed by atoms with Crippen molar-refractivity contribution in [2.75, 3.05) is 0 Å². The monoisotopic (exact) mass is 363 g/mol. The first kappa shape index (κ1) is 16.9. The van der Waals surface area contributed by atoms with E-state index in [9.17, 15) is 9.18 Å². The number of hydrogen-bond acceptors (Lipinski definition) is 4. The minimum Gasteiger partial charge on any atom is -0.356 e. The Morgan fingerprint density at radius 2 is 2.04 bits per heavy atom. The third kappa shape index (κ3) is 3.57. The summed E-state index contributed by atoms with van der Waals surface area (Å²) in [6.45, 7) is 3.94. The van der Waals surface area contributed by atoms with E-state index in [0.29, 0.717) is 27.6 Å². The maximum absolute atomic E-state index is 13.7. The zero-order valence-electron chi connectivity index (χ0n) is 13.2. The first-order valence-corrected chi connectivity index (χ1v) is 8.69. The molecule has 0 fully saturated rings. The minimum atomic E-state index is -0.353. The molecule has 0 N–H and O–H groups in total. The molecule has 0 saturated carbocycles. The Bertz CT molecular complexity index is 885. The van der Waals surface area contributed by atoms with Crippen molar-refractivity contribution in [3.8, 4) is 21.8 Å². The Hall–Kier alpha value is -1.98. The zero-order valence-corrected chi connectivity index (χ0v) is 14.7. The van der Waals surface area contributed by atoms with Gasteiger partial charge in [0.05, 0.1) is 4.34 Å². The molecule has 1 aromatic carbocycles. The zero-order chi connectivity index (χ0) is 17.3. The van der Waals surface area contributed by atoms with Crippen molar-refractivity contribution < 1.29 is 13.7 Å². The van der Waals surface area contributed by atoms with Crippen LogP contribution in [0, 0.1) is 11.7 Å². The van der Waals surface area contributed by atoms with Crippen LogP contribution in [0.5, 0.6) is 0 Å². The maximum atomic E-state index is 13.7. The fraction of sp³-hybridized carbons (Fsp3) is 0.222. The number of thiophene rings is 1. The number of ketones is 1. The number of nitrogens with zero attached hydrogens (tertiary/aromatic N) is 1. The highest BCUT2D eigenvalue weighted by atomic mass is 35.5. The lowest BCUT2D eigenvalue weighted by Crippen LogP contribution is -2.03. The van der Waals surface area contributed by atoms with Gasteiger partial charge in [0.2, 0.25) is 0 Å². The molecule has 0 bridgehead atoms. The summed E-state index contributed by atoms with van der Waals surface area (Å²) in [5.41, 5.74) is 1.62. The number of carbonyl (C=O) groups is 1. The SMILES string of the molecule is CC(C)CC(=O)c1cc(-c2ccc(F)cc2-c2ccc(Cl)s2)on1. The third-order valence-electron chi connectivity index (χ3n) is 3.48. The van der Waals surface area contributed by atoms with E-state index in [1.807, 2.05) is 19.9 Å². The highest BCUT2D eigenvalue weighted by molar-refractivity contribution is 7.19. The Balaban J connectivity index is 2.01. The van der Waals surface area contributed by atoms with Crippen LogP contribution in [0.2, 0.25) is 4.34 Å². The molecule has 0 aliphatic heterocycles. The van der Waals surface area contributed by atoms with Gasteiger partial charge in [-0.1, -0.05) is 30.6 Å². The number of hydrogen-bond donors (Lipinski definition) is 0. The standard InChI is InChI=1S/C18H15ClFNO2S/c1-10(2)7-15(22)14-9-16(23-21-14)12-4-3-11(20)8-13(12)17-5-6-18(19)24-17/h3-6,8-10H,7H2,1-2H3. The number of Topliss-reactive ketones (excluding diaryl/α,β-unsaturated/α-hetero) is 1. The van der Waals surface area contributed by atoms with E-state index in [2.05, 4.69) is 5.16 Å². The normalized spacial score (nSPS) is 11.2. The molecule has 3 nitrogen and oxygen atoms in total. The fourth-order valence-corrected chi connectivity index (χ4v) is 3.48. The molecule has 0 radical (unpaired) electrons. The van der Waals surface area contributed by atoms with Gasteiger partial charge in [-0.3, -0.25) is 4.79 Å². The average molecular weight is 364 g/mol. The van der Waals surface area contributed by atoms with E-state index in [1.54, 1.807) is 18.2 Å². The molecule has 6 heteroatoms. The van der Waals surface area contributed by atoms with Crippen LogP contribution in [-0.4, -0.2) is 10.9 Å². The molecule has 0 aliphatic carbocycles. The molecule has 24 heavy (non-hydrogen) atoms. The lowest BCUT2D eigenvalue weighted by Gasteiger charge is -2.05. The van der Waals surface area contributed by atoms with E-state index in [-0.39, 0.29) is 23.2 Å². The van der Waals surface area contributed by atoms with Crippen LogP contribution in [-0.2, 0) is 0 Å². The molecule has 0 unspecified atom stereocenters. The van der Waals surface area contributed by atoms with Crippen LogP contribution in [0.25, 0.3) is 21.8 Å². The van der Waals surface area contributed by atoms with Gasteiger partial charge in [0, 0.05) is 28.5 Å². The van der Waals surface area contributed by atoms with Crippen molar-refractivity contribution in [1.82, 2.24) is 5.16 Å². The molecule has 0 saturated heterocycles. The highest BCUT2D eigenvalue weighted by Gasteiger charge is 2.18. The molecule has 2 aromatic heterocycles. The summed E-state index contributed by atoms with van der Waals surface area (Å²) in [6.07, 6.45) is 0.406. The number of benzene rings is 1. The molecule has 0 atom stereocenters. The number of rotatable bonds is 5. The van der Waals surface area contributed by atoms with E-state index >= 15 is 0 Å². The van der Waals surface area contributed by atoms with Crippen molar-refractivity contribution in [3.63, 3.8) is 0 Å². The third-order valence-corrected chi connectivity index (χ3v) is 4.74. The topological polar surface area (TPSA) is 43.1 Å². The second-order valence-corrected chi connectivity index (χ2v) is 7.61. The summed E-state index contributed by atoms with van der Waals surface area (Å²) >= 11 is 7.34. The maximum Gasteiger partial charge on any atom is 0.184 e. The predicted molar refractivity (Wildman–Crippen MR) is 94.0 cm³/mol. The van der Waals surface area contributed by atoms with Crippen LogP contribution in [0.4, 0.5) is 4.39 Å². The van der Waals surface area contributed by atoms with Gasteiger partial charge in [0.1, 0.15) is 11.5 Å². The van der Waals surface area contributed by atoms with Crippen molar-refractivity contribution in [2.45, 2.75) is 20.3 Å². The van der Waals surface area contributed by atoms with Crippen LogP contribution >= 0.6 is 22.9 Å². The summed E-state index contributed by atoms with van der Waals surface area (Å²) in [6, 6.07) is 9.59. The van der Waals surface area contributed by atoms with E-state index in [1.165, 1.54) is 23.5 Å². The lowest BCUT2D eigenvalue weighted by atomic mass is 10.0. The molecule has 124 valence electrons. The summed E-state index contributed by atoms with van der Waals surface area (Å²) in [7, 11) is 0. The largest absolute Gasteiger partial charge is 0.356 e. The molecule has 3 rings (SSSR count). The average Bonchev–Trinajstić information content (AvgIpc) is 3.15. The summed E-state index contributed by atoms with van der Waals surface area (Å²) in [4.78, 5) is 12.9. The van der Waals surface area contributed by atoms with Gasteiger partial charge in [-0.2, -0.15) is 0 Å². The number of carbonyl (C=O) groups excluding carboxylic acids is 1. The summed E-state index contributed by atoms with van der Waals surface area (Å²) < 4.78 is 19.7. The lowest BCUT2D eigenvalue weighted by molar-refractivity contribution is 0.0959. The van der Waals surface area contributed by atoms with Crippen molar-refractivity contribution in [2.24, 2.45) is 5.92 Å². The Morgan fingerprint density at radius 3 is 2.71 bits per heavy atom. The van der Waals surface area contributed by atoms with E-state index in [4.69, 9.17) is 16.1 Å². The highest BCUT2D eigenvalue weighted by Crippen LogP contribution is 2.38. The molecular formula is C18H15ClFNO2S. The second kappa shape index (κ2) is 6.87. The smallest absolute Gasteiger partial charge is 0.184 e. The predicted octanol–water partition coefficient (Wildman–Crippen LogP) is 6.09. The van der Waals surface area contributed by atoms with Gasteiger partial charge in [0.25, 0.3) is 0 Å². The first-order valence-electron chi connectivity index (χ1n) is 7.49. The van der Waals surface area contributed by atoms with Gasteiger partial charge in [0.15, 0.2) is 11.5 Å². The first-order chi connectivity index (χ1) is 11.4. The Kier molecular flexibility index (Phi) is 4.83. The Morgan fingerprint density at radius 1 is 1.25 bits per heavy atom. The fourth-order valence-electron chi connectivity index (χ4n) is 2.40. The van der Waals surface area contributed by atoms with Crippen molar-refractivity contribution in [3.05, 3.63) is 52.2 Å². The second-order valence-electron chi connectivity index (χ2n) is 5.89. The molecule has 0 aliphatic rings. The number of aromatic nitrogens is 1. The van der Waals surface area contributed by atoms with Crippen LogP contribution in [0.3, 0.4) is 0 Å². The van der Waals surface area contributed by atoms with Gasteiger partial charge < -0.3 is 4.52 Å². The Labute approximate surface area is 148 Å². The molecule has 2 heterocycles. The molecular weight excluding hydrogens is 349 g/mol. The molecule has 3 aromatic rings. The minimum absolute atomic E-state index is 0.0668. The number of halogens is 2. The van der Waals surface area contributed by atoms with E-state index < -0.39 is 0 Å². The van der Waals surface area contributed by atoms with Gasteiger partial charge in [-0.25, -0.2) is 4.39 Å². The van der Waals surface area contributed by atoms with Crippen LogP contribution < -0.4 is 0 Å². The van der Waals surface area contributed by atoms with Crippen LogP contribution in [0.15, 0.2) is 40.9 Å². The van der Waals surface area contributed by atoms with Crippen molar-refractivity contribution >= 4 is 28.7 Å². The van der Waals surface area contributed by atoms with Gasteiger partial charge in [-0.05, 0) is 36.2 Å². The van der Waals surface area contributed by atoms with Gasteiger partial charge >= 0.3 is 0 Å². The molecule has 0 spiro atoms. The quantitative estimate of drug-likeness (QED) is 0.515. The van der Waals surface area contributed by atoms with Gasteiger partial charge in [-0.15, -0.1) is 11.3 Å².